The van der Waals surface area contributed by atoms with Gasteiger partial charge >= 0.3 is 0 Å². The van der Waals surface area contributed by atoms with Gasteiger partial charge in [0, 0.05) is 36.7 Å². The number of carbonyl (C=O) groups excluding carboxylic acids is 1. The summed E-state index contributed by atoms with van der Waals surface area (Å²) in [5, 5.41) is 2.91. The Labute approximate surface area is 142 Å². The van der Waals surface area contributed by atoms with Crippen molar-refractivity contribution >= 4 is 42.5 Å². The van der Waals surface area contributed by atoms with Gasteiger partial charge in [-0.3, -0.25) is 9.78 Å². The molecule has 1 aromatic rings. The van der Waals surface area contributed by atoms with Crippen molar-refractivity contribution in [2.75, 3.05) is 12.3 Å². The number of nitrogens with one attached hydrogen (secondary N) is 1. The van der Waals surface area contributed by atoms with Crippen LogP contribution in [0.2, 0.25) is 0 Å². The first kappa shape index (κ1) is 20.5. The van der Waals surface area contributed by atoms with Gasteiger partial charge in [0.2, 0.25) is 5.91 Å². The number of halogens is 2. The minimum Gasteiger partial charge on any atom is -0.355 e. The number of aromatic nitrogens is 1. The number of nitrogens with two attached hydrogens (primary N) is 1. The van der Waals surface area contributed by atoms with Crippen LogP contribution in [-0.2, 0) is 10.5 Å². The molecule has 3 N–H and O–H groups in total. The van der Waals surface area contributed by atoms with Crippen LogP contribution in [0.1, 0.15) is 25.0 Å². The van der Waals surface area contributed by atoms with E-state index < -0.39 is 0 Å². The molecule has 1 atom stereocenters. The molecule has 120 valence electrons. The molecule has 21 heavy (non-hydrogen) atoms. The zero-order chi connectivity index (χ0) is 13.5. The molecule has 1 amide bonds. The second kappa shape index (κ2) is 11.1. The number of hydrogen-bond acceptors (Lipinski definition) is 4. The Morgan fingerprint density at radius 2 is 2.19 bits per heavy atom. The highest BCUT2D eigenvalue weighted by molar-refractivity contribution is 7.98. The highest BCUT2D eigenvalue weighted by atomic mass is 35.5. The van der Waals surface area contributed by atoms with Gasteiger partial charge in [0.15, 0.2) is 0 Å². The fourth-order valence-corrected chi connectivity index (χ4v) is 2.69. The minimum absolute atomic E-state index is 0. The molecule has 0 radical (unpaired) electrons. The summed E-state index contributed by atoms with van der Waals surface area (Å²) in [6.45, 7) is 0.619. The number of pyridine rings is 1. The smallest absolute Gasteiger partial charge is 0.220 e. The average Bonchev–Trinajstić information content (AvgIpc) is 3.27. The molecule has 7 heteroatoms. The summed E-state index contributed by atoms with van der Waals surface area (Å²) in [7, 11) is 0. The lowest BCUT2D eigenvalue weighted by atomic mass is 10.2. The van der Waals surface area contributed by atoms with E-state index in [-0.39, 0.29) is 36.8 Å². The number of nitrogens with zero attached hydrogens (tertiary/aromatic N) is 1. The summed E-state index contributed by atoms with van der Waals surface area (Å²) in [5.41, 5.74) is 6.99. The van der Waals surface area contributed by atoms with Gasteiger partial charge in [-0.2, -0.15) is 11.8 Å². The van der Waals surface area contributed by atoms with Gasteiger partial charge in [-0.15, -0.1) is 24.8 Å². The third kappa shape index (κ3) is 8.51. The molecule has 1 fully saturated rings. The Kier molecular flexibility index (Phi) is 10.9. The van der Waals surface area contributed by atoms with Gasteiger partial charge in [-0.1, -0.05) is 6.07 Å². The van der Waals surface area contributed by atoms with E-state index in [0.717, 1.165) is 17.2 Å². The average molecular weight is 352 g/mol. The molecular weight excluding hydrogens is 329 g/mol. The highest BCUT2D eigenvalue weighted by Gasteiger charge is 2.28. The second-order valence-electron chi connectivity index (χ2n) is 4.93. The van der Waals surface area contributed by atoms with Gasteiger partial charge in [0.05, 0.1) is 5.69 Å². The summed E-state index contributed by atoms with van der Waals surface area (Å²) < 4.78 is 0. The molecule has 0 bridgehead atoms. The molecule has 1 heterocycles. The van der Waals surface area contributed by atoms with Crippen LogP contribution < -0.4 is 11.1 Å². The summed E-state index contributed by atoms with van der Waals surface area (Å²) in [6.07, 6.45) is 4.78. The maximum atomic E-state index is 11.6. The van der Waals surface area contributed by atoms with Gasteiger partial charge in [0.25, 0.3) is 0 Å². The fourth-order valence-electron chi connectivity index (χ4n) is 1.84. The molecular formula is C14H23Cl2N3OS. The monoisotopic (exact) mass is 351 g/mol. The van der Waals surface area contributed by atoms with Gasteiger partial charge < -0.3 is 11.1 Å². The number of thioether (sulfide) groups is 1. The fraction of sp³-hybridized carbons (Fsp3) is 0.571. The molecule has 2 rings (SSSR count). The van der Waals surface area contributed by atoms with Crippen molar-refractivity contribution < 1.29 is 4.79 Å². The zero-order valence-electron chi connectivity index (χ0n) is 11.9. The van der Waals surface area contributed by atoms with Crippen LogP contribution in [0.5, 0.6) is 0 Å². The third-order valence-electron chi connectivity index (χ3n) is 3.21. The Hall–Kier alpha value is -0.490. The van der Waals surface area contributed by atoms with Crippen molar-refractivity contribution in [2.24, 2.45) is 11.7 Å². The molecule has 0 spiro atoms. The molecule has 0 saturated heterocycles. The maximum Gasteiger partial charge on any atom is 0.220 e. The van der Waals surface area contributed by atoms with Gasteiger partial charge in [-0.05, 0) is 30.9 Å². The van der Waals surface area contributed by atoms with Crippen molar-refractivity contribution in [3.8, 4) is 0 Å². The van der Waals surface area contributed by atoms with Crippen LogP contribution in [-0.4, -0.2) is 29.2 Å². The van der Waals surface area contributed by atoms with Gasteiger partial charge in [0.1, 0.15) is 0 Å². The van der Waals surface area contributed by atoms with Crippen LogP contribution in [0, 0.1) is 5.92 Å². The van der Waals surface area contributed by atoms with E-state index in [1.165, 1.54) is 12.8 Å². The summed E-state index contributed by atoms with van der Waals surface area (Å²) in [4.78, 5) is 15.8. The predicted molar refractivity (Wildman–Crippen MR) is 93.2 cm³/mol. The lowest BCUT2D eigenvalue weighted by Gasteiger charge is -2.11. The third-order valence-corrected chi connectivity index (χ3v) is 4.20. The molecule has 0 aromatic carbocycles. The normalized spacial score (nSPS) is 14.5. The van der Waals surface area contributed by atoms with Crippen molar-refractivity contribution in [1.29, 1.82) is 0 Å². The molecule has 0 aliphatic heterocycles. The van der Waals surface area contributed by atoms with E-state index in [1.807, 2.05) is 18.2 Å². The van der Waals surface area contributed by atoms with E-state index in [4.69, 9.17) is 5.73 Å². The Morgan fingerprint density at radius 3 is 2.81 bits per heavy atom. The van der Waals surface area contributed by atoms with E-state index in [1.54, 1.807) is 18.0 Å². The molecule has 1 aliphatic carbocycles. The number of rotatable bonds is 8. The Balaban J connectivity index is 0.00000200. The van der Waals surface area contributed by atoms with E-state index in [0.29, 0.717) is 18.9 Å². The van der Waals surface area contributed by atoms with Crippen molar-refractivity contribution in [3.63, 3.8) is 0 Å². The van der Waals surface area contributed by atoms with Crippen LogP contribution in [0.3, 0.4) is 0 Å². The zero-order valence-corrected chi connectivity index (χ0v) is 14.3. The second-order valence-corrected chi connectivity index (χ2v) is 6.03. The molecule has 1 saturated carbocycles. The Bertz CT molecular complexity index is 404. The van der Waals surface area contributed by atoms with Crippen molar-refractivity contribution in [3.05, 3.63) is 30.1 Å². The van der Waals surface area contributed by atoms with E-state index in [2.05, 4.69) is 10.3 Å². The first-order valence-corrected chi connectivity index (χ1v) is 7.91. The number of carbonyl (C=O) groups is 1. The molecule has 1 aromatic heterocycles. The standard InChI is InChI=1S/C14H21N3OS.2ClH/c15-13(11-4-5-11)9-17-14(18)6-8-19-10-12-3-1-2-7-16-12;;/h1-3,7,11,13H,4-6,8-10,15H2,(H,17,18);2*1H. The van der Waals surface area contributed by atoms with Crippen molar-refractivity contribution in [2.45, 2.75) is 31.1 Å². The van der Waals surface area contributed by atoms with Crippen LogP contribution >= 0.6 is 36.6 Å². The summed E-state index contributed by atoms with van der Waals surface area (Å²) in [6, 6.07) is 6.03. The minimum atomic E-state index is 0. The van der Waals surface area contributed by atoms with Gasteiger partial charge in [-0.25, -0.2) is 0 Å². The lowest BCUT2D eigenvalue weighted by Crippen LogP contribution is -2.38. The van der Waals surface area contributed by atoms with Crippen molar-refractivity contribution in [1.82, 2.24) is 10.3 Å². The van der Waals surface area contributed by atoms with E-state index >= 15 is 0 Å². The largest absolute Gasteiger partial charge is 0.355 e. The summed E-state index contributed by atoms with van der Waals surface area (Å²) >= 11 is 1.73. The van der Waals surface area contributed by atoms with Crippen LogP contribution in [0.15, 0.2) is 24.4 Å². The first-order chi connectivity index (χ1) is 9.25. The first-order valence-electron chi connectivity index (χ1n) is 6.75. The quantitative estimate of drug-likeness (QED) is 0.705. The number of amides is 1. The van der Waals surface area contributed by atoms with Crippen LogP contribution in [0.25, 0.3) is 0 Å². The topological polar surface area (TPSA) is 68.0 Å². The Morgan fingerprint density at radius 1 is 1.43 bits per heavy atom. The SMILES string of the molecule is Cl.Cl.NC(CNC(=O)CCSCc1ccccn1)C1CC1. The molecule has 1 aliphatic rings. The van der Waals surface area contributed by atoms with Crippen LogP contribution in [0.4, 0.5) is 0 Å². The highest BCUT2D eigenvalue weighted by Crippen LogP contribution is 2.31. The lowest BCUT2D eigenvalue weighted by molar-refractivity contribution is -0.120. The predicted octanol–water partition coefficient (Wildman–Crippen LogP) is 2.40. The maximum absolute atomic E-state index is 11.6. The molecule has 1 unspecified atom stereocenters. The van der Waals surface area contributed by atoms with E-state index in [9.17, 15) is 4.79 Å². The summed E-state index contributed by atoms with van der Waals surface area (Å²) in [5.74, 6) is 2.42. The molecule has 4 nitrogen and oxygen atoms in total. The number of hydrogen-bond donors (Lipinski definition) is 2.